The number of rotatable bonds is 5. The third-order valence-corrected chi connectivity index (χ3v) is 1.29. The second kappa shape index (κ2) is 8.25. The van der Waals surface area contributed by atoms with Crippen molar-refractivity contribution in [3.05, 3.63) is 0 Å². The molecule has 1 atom stereocenters. The van der Waals surface area contributed by atoms with E-state index in [-0.39, 0.29) is 25.9 Å². The Morgan fingerprint density at radius 2 is 2.09 bits per heavy atom. The zero-order chi connectivity index (χ0) is 7.98. The summed E-state index contributed by atoms with van der Waals surface area (Å²) in [5.74, 6) is -0.933. The normalized spacial score (nSPS) is 11.8. The molecule has 4 nitrogen and oxygen atoms in total. The fourth-order valence-electron chi connectivity index (χ4n) is 0.632. The van der Waals surface area contributed by atoms with Gasteiger partial charge in [0.2, 0.25) is 0 Å². The van der Waals surface area contributed by atoms with Crippen molar-refractivity contribution in [1.82, 2.24) is 0 Å². The summed E-state index contributed by atoms with van der Waals surface area (Å²) < 4.78 is 0. The molecule has 0 aliphatic carbocycles. The molecule has 0 amide bonds. The second-order valence-corrected chi connectivity index (χ2v) is 2.23. The van der Waals surface area contributed by atoms with Gasteiger partial charge in [-0.1, -0.05) is 6.42 Å². The average molecular weight is 173 g/mol. The van der Waals surface area contributed by atoms with Crippen molar-refractivity contribution < 1.29 is 12.8 Å². The van der Waals surface area contributed by atoms with Gasteiger partial charge in [-0.05, 0) is 19.4 Å². The molecule has 0 aliphatic rings. The summed E-state index contributed by atoms with van der Waals surface area (Å²) >= 11 is 0. The van der Waals surface area contributed by atoms with Gasteiger partial charge in [0.1, 0.15) is 6.04 Å². The minimum Gasteiger partial charge on any atom is -1.00 e. The fraction of sp³-hybridized carbons (Fsp3) is 0.833. The van der Waals surface area contributed by atoms with Gasteiger partial charge in [0, 0.05) is 0 Å². The number of unbranched alkanes of at least 4 members (excludes halogenated alkanes) is 1. The maximum Gasteiger partial charge on any atom is 2.00 e. The molecule has 0 rings (SSSR count). The van der Waals surface area contributed by atoms with Crippen molar-refractivity contribution in [3.63, 3.8) is 0 Å². The van der Waals surface area contributed by atoms with Crippen molar-refractivity contribution in [2.75, 3.05) is 6.54 Å². The van der Waals surface area contributed by atoms with Crippen LogP contribution >= 0.6 is 0 Å². The van der Waals surface area contributed by atoms with Crippen LogP contribution < -0.4 is 11.5 Å². The number of hydrogen-bond acceptors (Lipinski definition) is 3. The van der Waals surface area contributed by atoms with E-state index in [1.54, 1.807) is 0 Å². The summed E-state index contributed by atoms with van der Waals surface area (Å²) in [4.78, 5) is 10.1. The van der Waals surface area contributed by atoms with Crippen LogP contribution in [0.3, 0.4) is 0 Å². The SMILES string of the molecule is NCCCC[C@H](N)C(=O)O.[H-].[H-].[Mg+2]. The smallest absolute Gasteiger partial charge is 1.00 e. The van der Waals surface area contributed by atoms with Crippen molar-refractivity contribution >= 4 is 29.0 Å². The molecule has 0 aromatic carbocycles. The monoisotopic (exact) mass is 172 g/mol. The minimum atomic E-state index is -0.933. The van der Waals surface area contributed by atoms with E-state index in [0.29, 0.717) is 13.0 Å². The van der Waals surface area contributed by atoms with Gasteiger partial charge >= 0.3 is 29.0 Å². The van der Waals surface area contributed by atoms with Crippen molar-refractivity contribution in [2.45, 2.75) is 25.3 Å². The zero-order valence-electron chi connectivity index (χ0n) is 8.62. The Hall–Kier alpha value is 0.156. The van der Waals surface area contributed by atoms with Crippen LogP contribution in [0.25, 0.3) is 0 Å². The maximum atomic E-state index is 10.1. The molecule has 0 saturated heterocycles. The fourth-order valence-corrected chi connectivity index (χ4v) is 0.632. The van der Waals surface area contributed by atoms with Gasteiger partial charge in [-0.3, -0.25) is 4.79 Å². The van der Waals surface area contributed by atoms with E-state index in [1.807, 2.05) is 0 Å². The summed E-state index contributed by atoms with van der Waals surface area (Å²) in [5, 5.41) is 8.33. The molecule has 0 aromatic rings. The zero-order valence-corrected chi connectivity index (χ0v) is 8.04. The van der Waals surface area contributed by atoms with Crippen LogP contribution in [0.2, 0.25) is 0 Å². The number of aliphatic carboxylic acids is 1. The summed E-state index contributed by atoms with van der Waals surface area (Å²) in [6.45, 7) is 0.604. The molecular formula is C6H16MgN2O2. The van der Waals surface area contributed by atoms with Gasteiger partial charge in [0.05, 0.1) is 0 Å². The van der Waals surface area contributed by atoms with Crippen LogP contribution in [0.4, 0.5) is 0 Å². The first-order valence-electron chi connectivity index (χ1n) is 3.37. The standard InChI is InChI=1S/C6H14N2O2.Mg.2H/c7-4-2-1-3-5(8)6(9)10;;;/h5H,1-4,7-8H2,(H,9,10);;;/q;+2;2*-1/t5-;;;/m0.../s1. The average Bonchev–Trinajstić information content (AvgIpc) is 1.88. The van der Waals surface area contributed by atoms with E-state index in [2.05, 4.69) is 0 Å². The van der Waals surface area contributed by atoms with Crippen LogP contribution in [-0.4, -0.2) is 46.7 Å². The van der Waals surface area contributed by atoms with Crippen LogP contribution in [0.1, 0.15) is 22.1 Å². The number of nitrogens with two attached hydrogens (primary N) is 2. The maximum absolute atomic E-state index is 10.1. The van der Waals surface area contributed by atoms with E-state index in [1.165, 1.54) is 0 Å². The Morgan fingerprint density at radius 1 is 1.55 bits per heavy atom. The predicted molar refractivity (Wildman–Crippen MR) is 46.5 cm³/mol. The van der Waals surface area contributed by atoms with Gasteiger partial charge in [-0.25, -0.2) is 0 Å². The van der Waals surface area contributed by atoms with Crippen LogP contribution in [0, 0.1) is 0 Å². The molecule has 0 aliphatic heterocycles. The molecule has 0 bridgehead atoms. The molecule has 0 heterocycles. The van der Waals surface area contributed by atoms with Gasteiger partial charge < -0.3 is 19.4 Å². The second-order valence-electron chi connectivity index (χ2n) is 2.23. The number of hydrogen-bond donors (Lipinski definition) is 3. The van der Waals surface area contributed by atoms with E-state index in [9.17, 15) is 4.79 Å². The Bertz CT molecular complexity index is 119. The molecule has 0 fully saturated rings. The van der Waals surface area contributed by atoms with Gasteiger partial charge in [0.15, 0.2) is 0 Å². The quantitative estimate of drug-likeness (QED) is 0.381. The summed E-state index contributed by atoms with van der Waals surface area (Å²) in [7, 11) is 0. The van der Waals surface area contributed by atoms with E-state index in [4.69, 9.17) is 16.6 Å². The molecule has 0 radical (unpaired) electrons. The molecule has 0 unspecified atom stereocenters. The molecule has 5 N–H and O–H groups in total. The largest absolute Gasteiger partial charge is 2.00 e. The first-order valence-corrected chi connectivity index (χ1v) is 3.37. The molecule has 0 spiro atoms. The number of carboxylic acids is 1. The topological polar surface area (TPSA) is 89.3 Å². The molecule has 0 aromatic heterocycles. The van der Waals surface area contributed by atoms with Gasteiger partial charge in [0.25, 0.3) is 0 Å². The van der Waals surface area contributed by atoms with Gasteiger partial charge in [-0.15, -0.1) is 0 Å². The molecule has 11 heavy (non-hydrogen) atoms. The van der Waals surface area contributed by atoms with Crippen molar-refractivity contribution in [1.29, 1.82) is 0 Å². The molecule has 0 saturated carbocycles. The van der Waals surface area contributed by atoms with E-state index in [0.717, 1.165) is 12.8 Å². The summed E-state index contributed by atoms with van der Waals surface area (Å²) in [6.07, 6.45) is 2.16. The Morgan fingerprint density at radius 3 is 2.45 bits per heavy atom. The predicted octanol–water partition coefficient (Wildman–Crippen LogP) is -0.628. The first kappa shape index (κ1) is 13.7. The van der Waals surface area contributed by atoms with Crippen molar-refractivity contribution in [2.24, 2.45) is 11.5 Å². The van der Waals surface area contributed by atoms with Crippen LogP contribution in [0.15, 0.2) is 0 Å². The third kappa shape index (κ3) is 8.06. The minimum absolute atomic E-state index is 0. The Balaban J connectivity index is -0.000000135. The summed E-state index contributed by atoms with van der Waals surface area (Å²) in [6, 6.07) is -0.716. The molecular weight excluding hydrogens is 156 g/mol. The van der Waals surface area contributed by atoms with Crippen LogP contribution in [0.5, 0.6) is 0 Å². The van der Waals surface area contributed by atoms with Gasteiger partial charge in [-0.2, -0.15) is 0 Å². The summed E-state index contributed by atoms with van der Waals surface area (Å²) in [5.41, 5.74) is 10.4. The van der Waals surface area contributed by atoms with E-state index < -0.39 is 12.0 Å². The van der Waals surface area contributed by atoms with Crippen molar-refractivity contribution in [3.8, 4) is 0 Å². The first-order chi connectivity index (χ1) is 4.68. The molecule has 5 heteroatoms. The third-order valence-electron chi connectivity index (χ3n) is 1.29. The van der Waals surface area contributed by atoms with E-state index >= 15 is 0 Å². The Labute approximate surface area is 85.4 Å². The Kier molecular flexibility index (Phi) is 10.3. The van der Waals surface area contributed by atoms with Crippen LogP contribution in [-0.2, 0) is 4.79 Å². The number of carbonyl (C=O) groups is 1. The number of carboxylic acid groups (broad SMARTS) is 1. The molecule has 64 valence electrons.